The van der Waals surface area contributed by atoms with Crippen LogP contribution in [0.4, 0.5) is 11.5 Å². The number of hydrogen-bond donors (Lipinski definition) is 2. The Morgan fingerprint density at radius 1 is 1.17 bits per heavy atom. The number of hydrogen-bond acceptors (Lipinski definition) is 4. The van der Waals surface area contributed by atoms with Crippen molar-refractivity contribution in [2.75, 3.05) is 17.2 Å². The quantitative estimate of drug-likeness (QED) is 0.828. The van der Waals surface area contributed by atoms with Crippen molar-refractivity contribution in [3.8, 4) is 0 Å². The third-order valence-corrected chi connectivity index (χ3v) is 3.31. The predicted octanol–water partition coefficient (Wildman–Crippen LogP) is 3.62. The number of carbonyl (C=O) groups is 1. The molecule has 0 aliphatic heterocycles. The van der Waals surface area contributed by atoms with E-state index >= 15 is 0 Å². The number of aromatic nitrogens is 2. The first kappa shape index (κ1) is 16.7. The van der Waals surface area contributed by atoms with Crippen molar-refractivity contribution < 1.29 is 4.79 Å². The van der Waals surface area contributed by atoms with Crippen LogP contribution in [0.15, 0.2) is 49.1 Å². The standard InChI is InChI=1S/C18H22N4O/c1-5-12-19-16-11-10-15(21-22-16)17(23)20-14-9-7-6-8-13(14)18(2,3)4/h5-11H,1,12H2,2-4H3,(H,19,22)(H,20,23). The normalized spacial score (nSPS) is 10.9. The van der Waals surface area contributed by atoms with Gasteiger partial charge in [-0.15, -0.1) is 16.8 Å². The Morgan fingerprint density at radius 2 is 1.91 bits per heavy atom. The van der Waals surface area contributed by atoms with E-state index in [0.717, 1.165) is 11.3 Å². The Hall–Kier alpha value is -2.69. The van der Waals surface area contributed by atoms with Crippen molar-refractivity contribution in [3.63, 3.8) is 0 Å². The molecule has 0 saturated heterocycles. The summed E-state index contributed by atoms with van der Waals surface area (Å²) in [6.45, 7) is 10.5. The van der Waals surface area contributed by atoms with Crippen LogP contribution in [-0.4, -0.2) is 22.6 Å². The molecule has 1 aromatic carbocycles. The first-order chi connectivity index (χ1) is 10.9. The lowest BCUT2D eigenvalue weighted by atomic mass is 9.86. The molecule has 0 saturated carbocycles. The van der Waals surface area contributed by atoms with Gasteiger partial charge in [-0.1, -0.05) is 45.0 Å². The summed E-state index contributed by atoms with van der Waals surface area (Å²) in [6.07, 6.45) is 1.73. The van der Waals surface area contributed by atoms with Gasteiger partial charge < -0.3 is 10.6 Å². The van der Waals surface area contributed by atoms with E-state index in [1.54, 1.807) is 18.2 Å². The third kappa shape index (κ3) is 4.39. The number of rotatable bonds is 5. The number of para-hydroxylation sites is 1. The number of carbonyl (C=O) groups excluding carboxylic acids is 1. The molecule has 0 radical (unpaired) electrons. The molecule has 2 rings (SSSR count). The van der Waals surface area contributed by atoms with E-state index < -0.39 is 0 Å². The molecular formula is C18H22N4O. The van der Waals surface area contributed by atoms with Gasteiger partial charge in [0.15, 0.2) is 5.69 Å². The minimum Gasteiger partial charge on any atom is -0.365 e. The van der Waals surface area contributed by atoms with Gasteiger partial charge in [0, 0.05) is 12.2 Å². The molecule has 0 fully saturated rings. The lowest BCUT2D eigenvalue weighted by Crippen LogP contribution is -2.19. The maximum Gasteiger partial charge on any atom is 0.276 e. The minimum atomic E-state index is -0.274. The van der Waals surface area contributed by atoms with Crippen LogP contribution in [0.2, 0.25) is 0 Å². The van der Waals surface area contributed by atoms with Crippen molar-refractivity contribution in [1.82, 2.24) is 10.2 Å². The lowest BCUT2D eigenvalue weighted by molar-refractivity contribution is 0.102. The maximum absolute atomic E-state index is 12.4. The number of anilines is 2. The molecule has 2 aromatic rings. The molecule has 0 aliphatic carbocycles. The number of benzene rings is 1. The maximum atomic E-state index is 12.4. The second-order valence-electron chi connectivity index (χ2n) is 6.22. The van der Waals surface area contributed by atoms with Gasteiger partial charge in [0.1, 0.15) is 5.82 Å². The van der Waals surface area contributed by atoms with Crippen LogP contribution in [0.3, 0.4) is 0 Å². The van der Waals surface area contributed by atoms with Crippen LogP contribution in [0.5, 0.6) is 0 Å². The fourth-order valence-corrected chi connectivity index (χ4v) is 2.16. The van der Waals surface area contributed by atoms with Crippen molar-refractivity contribution in [3.05, 3.63) is 60.3 Å². The van der Waals surface area contributed by atoms with E-state index in [9.17, 15) is 4.79 Å². The number of nitrogens with zero attached hydrogens (tertiary/aromatic N) is 2. The Bertz CT molecular complexity index is 687. The fourth-order valence-electron chi connectivity index (χ4n) is 2.16. The summed E-state index contributed by atoms with van der Waals surface area (Å²) in [6, 6.07) is 11.2. The predicted molar refractivity (Wildman–Crippen MR) is 93.8 cm³/mol. The molecule has 5 heteroatoms. The Balaban J connectivity index is 2.15. The molecule has 1 amide bonds. The average Bonchev–Trinajstić information content (AvgIpc) is 2.53. The molecule has 0 atom stereocenters. The summed E-state index contributed by atoms with van der Waals surface area (Å²) in [7, 11) is 0. The largest absolute Gasteiger partial charge is 0.365 e. The molecule has 2 N–H and O–H groups in total. The van der Waals surface area contributed by atoms with Gasteiger partial charge in [-0.3, -0.25) is 4.79 Å². The zero-order valence-electron chi connectivity index (χ0n) is 13.8. The molecule has 1 heterocycles. The van der Waals surface area contributed by atoms with Crippen LogP contribution >= 0.6 is 0 Å². The second kappa shape index (κ2) is 7.05. The van der Waals surface area contributed by atoms with Gasteiger partial charge in [0.2, 0.25) is 0 Å². The Kier molecular flexibility index (Phi) is 5.11. The van der Waals surface area contributed by atoms with E-state index in [0.29, 0.717) is 12.4 Å². The summed E-state index contributed by atoms with van der Waals surface area (Å²) in [4.78, 5) is 12.4. The average molecular weight is 310 g/mol. The highest BCUT2D eigenvalue weighted by atomic mass is 16.1. The summed E-state index contributed by atoms with van der Waals surface area (Å²) < 4.78 is 0. The van der Waals surface area contributed by atoms with Crippen molar-refractivity contribution in [2.24, 2.45) is 0 Å². The first-order valence-corrected chi connectivity index (χ1v) is 7.51. The summed E-state index contributed by atoms with van der Waals surface area (Å²) in [5.74, 6) is 0.334. The molecule has 0 unspecified atom stereocenters. The lowest BCUT2D eigenvalue weighted by Gasteiger charge is -2.22. The zero-order valence-corrected chi connectivity index (χ0v) is 13.8. The van der Waals surface area contributed by atoms with E-state index in [4.69, 9.17) is 0 Å². The van der Waals surface area contributed by atoms with Crippen LogP contribution in [0.25, 0.3) is 0 Å². The van der Waals surface area contributed by atoms with Crippen LogP contribution in [0, 0.1) is 0 Å². The monoisotopic (exact) mass is 310 g/mol. The molecule has 0 aliphatic rings. The fraction of sp³-hybridized carbons (Fsp3) is 0.278. The Morgan fingerprint density at radius 3 is 2.52 bits per heavy atom. The second-order valence-corrected chi connectivity index (χ2v) is 6.22. The van der Waals surface area contributed by atoms with Crippen molar-refractivity contribution in [1.29, 1.82) is 0 Å². The van der Waals surface area contributed by atoms with Crippen LogP contribution in [-0.2, 0) is 5.41 Å². The van der Waals surface area contributed by atoms with E-state index in [2.05, 4.69) is 48.2 Å². The van der Waals surface area contributed by atoms with E-state index in [1.807, 2.05) is 24.3 Å². The molecule has 5 nitrogen and oxygen atoms in total. The van der Waals surface area contributed by atoms with Gasteiger partial charge in [0.05, 0.1) is 0 Å². The van der Waals surface area contributed by atoms with Crippen LogP contribution < -0.4 is 10.6 Å². The molecule has 0 bridgehead atoms. The summed E-state index contributed by atoms with van der Waals surface area (Å²) in [5, 5.41) is 13.9. The van der Waals surface area contributed by atoms with Gasteiger partial charge in [-0.25, -0.2) is 0 Å². The highest BCUT2D eigenvalue weighted by Crippen LogP contribution is 2.29. The summed E-state index contributed by atoms with van der Waals surface area (Å²) in [5.41, 5.74) is 2.08. The SMILES string of the molecule is C=CCNc1ccc(C(=O)Nc2ccccc2C(C)(C)C)nn1. The molecule has 23 heavy (non-hydrogen) atoms. The van der Waals surface area contributed by atoms with Crippen LogP contribution in [0.1, 0.15) is 36.8 Å². The number of amides is 1. The Labute approximate surface area is 136 Å². The highest BCUT2D eigenvalue weighted by molar-refractivity contribution is 6.03. The molecule has 1 aromatic heterocycles. The molecule has 120 valence electrons. The highest BCUT2D eigenvalue weighted by Gasteiger charge is 2.19. The van der Waals surface area contributed by atoms with E-state index in [-0.39, 0.29) is 17.0 Å². The first-order valence-electron chi connectivity index (χ1n) is 7.51. The van der Waals surface area contributed by atoms with Gasteiger partial charge in [0.25, 0.3) is 5.91 Å². The minimum absolute atomic E-state index is 0.0615. The summed E-state index contributed by atoms with van der Waals surface area (Å²) >= 11 is 0. The third-order valence-electron chi connectivity index (χ3n) is 3.31. The molecule has 0 spiro atoms. The van der Waals surface area contributed by atoms with E-state index in [1.165, 1.54) is 0 Å². The van der Waals surface area contributed by atoms with Gasteiger partial charge >= 0.3 is 0 Å². The molecular weight excluding hydrogens is 288 g/mol. The zero-order chi connectivity index (χ0) is 16.9. The van der Waals surface area contributed by atoms with Gasteiger partial charge in [-0.05, 0) is 29.2 Å². The smallest absolute Gasteiger partial charge is 0.276 e. The van der Waals surface area contributed by atoms with Crippen molar-refractivity contribution in [2.45, 2.75) is 26.2 Å². The topological polar surface area (TPSA) is 66.9 Å². The van der Waals surface area contributed by atoms with Gasteiger partial charge in [-0.2, -0.15) is 0 Å². The number of nitrogens with one attached hydrogen (secondary N) is 2. The van der Waals surface area contributed by atoms with Crippen molar-refractivity contribution >= 4 is 17.4 Å².